The first-order valence-electron chi connectivity index (χ1n) is 5.20. The number of halogens is 1. The highest BCUT2D eigenvalue weighted by molar-refractivity contribution is 6.16. The first kappa shape index (κ1) is 8.72. The third-order valence-corrected chi connectivity index (χ3v) is 3.96. The summed E-state index contributed by atoms with van der Waals surface area (Å²) >= 11 is 5.62. The van der Waals surface area contributed by atoms with E-state index in [0.717, 1.165) is 5.89 Å². The van der Waals surface area contributed by atoms with Gasteiger partial charge in [-0.25, -0.2) is 0 Å². The molecular weight excluding hydrogens is 200 g/mol. The van der Waals surface area contributed by atoms with Crippen molar-refractivity contribution in [3.8, 4) is 0 Å². The van der Waals surface area contributed by atoms with Gasteiger partial charge in [-0.15, -0.1) is 11.6 Å². The molecule has 1 aromatic heterocycles. The van der Waals surface area contributed by atoms with Crippen molar-refractivity contribution in [1.29, 1.82) is 0 Å². The van der Waals surface area contributed by atoms with E-state index in [1.807, 2.05) is 0 Å². The van der Waals surface area contributed by atoms with Crippen molar-refractivity contribution >= 4 is 11.6 Å². The Morgan fingerprint density at radius 2 is 2.21 bits per heavy atom. The number of alkyl halides is 1. The second-order valence-corrected chi connectivity index (χ2v) is 4.91. The predicted octanol–water partition coefficient (Wildman–Crippen LogP) is 2.86. The highest BCUT2D eigenvalue weighted by atomic mass is 35.5. The summed E-state index contributed by atoms with van der Waals surface area (Å²) in [5.41, 5.74) is 0.667. The smallest absolute Gasteiger partial charge is 0.229 e. The summed E-state index contributed by atoms with van der Waals surface area (Å²) in [4.78, 5) is 4.26. The van der Waals surface area contributed by atoms with Gasteiger partial charge in [0.2, 0.25) is 5.89 Å². The van der Waals surface area contributed by atoms with Crippen LogP contribution in [0, 0.1) is 5.41 Å². The average molecular weight is 213 g/mol. The van der Waals surface area contributed by atoms with Crippen molar-refractivity contribution in [2.45, 2.75) is 43.9 Å². The molecule has 0 atom stereocenters. The molecule has 3 rings (SSSR count). The van der Waals surface area contributed by atoms with Gasteiger partial charge >= 0.3 is 0 Å². The second kappa shape index (κ2) is 2.96. The Bertz CT molecular complexity index is 338. The largest absolute Gasteiger partial charge is 0.339 e. The molecule has 76 valence electrons. The summed E-state index contributed by atoms with van der Waals surface area (Å²) in [7, 11) is 0. The van der Waals surface area contributed by atoms with Gasteiger partial charge in [0.15, 0.2) is 5.82 Å². The highest BCUT2D eigenvalue weighted by Gasteiger charge is 2.50. The Labute approximate surface area is 87.8 Å². The maximum atomic E-state index is 5.62. The third kappa shape index (κ3) is 1.18. The van der Waals surface area contributed by atoms with Crippen LogP contribution in [-0.4, -0.2) is 10.1 Å². The van der Waals surface area contributed by atoms with Gasteiger partial charge in [0.1, 0.15) is 0 Å². The van der Waals surface area contributed by atoms with E-state index in [1.165, 1.54) is 32.1 Å². The zero-order chi connectivity index (χ0) is 9.60. The predicted molar refractivity (Wildman–Crippen MR) is 52.1 cm³/mol. The minimum absolute atomic E-state index is 0.349. The van der Waals surface area contributed by atoms with Crippen LogP contribution in [0.2, 0.25) is 0 Å². The van der Waals surface area contributed by atoms with Gasteiger partial charge in [-0.2, -0.15) is 4.98 Å². The Balaban J connectivity index is 1.67. The standard InChI is InChI=1S/C10H13ClN2O/c11-6-8-12-9(14-13-8)7-4-10(5-7)2-1-3-10/h7H,1-6H2. The molecule has 2 aliphatic rings. The van der Waals surface area contributed by atoms with Crippen LogP contribution in [-0.2, 0) is 5.88 Å². The average Bonchev–Trinajstić information content (AvgIpc) is 2.47. The Morgan fingerprint density at radius 1 is 1.43 bits per heavy atom. The molecule has 0 bridgehead atoms. The summed E-state index contributed by atoms with van der Waals surface area (Å²) < 4.78 is 5.18. The van der Waals surface area contributed by atoms with Gasteiger partial charge in [-0.1, -0.05) is 11.6 Å². The summed E-state index contributed by atoms with van der Waals surface area (Å²) in [6.45, 7) is 0. The van der Waals surface area contributed by atoms with Crippen LogP contribution in [0.5, 0.6) is 0 Å². The molecule has 14 heavy (non-hydrogen) atoms. The van der Waals surface area contributed by atoms with Crippen LogP contribution >= 0.6 is 11.6 Å². The summed E-state index contributed by atoms with van der Waals surface area (Å²) in [6, 6.07) is 0. The Morgan fingerprint density at radius 3 is 2.71 bits per heavy atom. The molecular formula is C10H13ClN2O. The molecule has 1 spiro atoms. The fraction of sp³-hybridized carbons (Fsp3) is 0.800. The van der Waals surface area contributed by atoms with E-state index in [-0.39, 0.29) is 0 Å². The molecule has 1 heterocycles. The number of hydrogen-bond donors (Lipinski definition) is 0. The van der Waals surface area contributed by atoms with E-state index in [0.29, 0.717) is 23.0 Å². The third-order valence-electron chi connectivity index (χ3n) is 3.73. The van der Waals surface area contributed by atoms with Gasteiger partial charge in [-0.05, 0) is 31.1 Å². The Hall–Kier alpha value is -0.570. The first-order valence-corrected chi connectivity index (χ1v) is 5.73. The molecule has 0 unspecified atom stereocenters. The molecule has 2 fully saturated rings. The molecule has 1 aromatic rings. The quantitative estimate of drug-likeness (QED) is 0.708. The van der Waals surface area contributed by atoms with E-state index >= 15 is 0 Å². The Kier molecular flexibility index (Phi) is 1.84. The SMILES string of the molecule is ClCc1noc(C2CC3(CCC3)C2)n1. The molecule has 0 aliphatic heterocycles. The molecule has 2 saturated carbocycles. The van der Waals surface area contributed by atoms with E-state index in [2.05, 4.69) is 10.1 Å². The van der Waals surface area contributed by atoms with Crippen LogP contribution in [0.25, 0.3) is 0 Å². The molecule has 0 amide bonds. The summed E-state index contributed by atoms with van der Waals surface area (Å²) in [5, 5.41) is 3.81. The van der Waals surface area contributed by atoms with Crippen LogP contribution in [0.3, 0.4) is 0 Å². The molecule has 2 aliphatic carbocycles. The molecule has 0 N–H and O–H groups in total. The fourth-order valence-electron chi connectivity index (χ4n) is 2.73. The van der Waals surface area contributed by atoms with E-state index in [9.17, 15) is 0 Å². The lowest BCUT2D eigenvalue weighted by atomic mass is 9.52. The van der Waals surface area contributed by atoms with Crippen LogP contribution in [0.1, 0.15) is 49.7 Å². The van der Waals surface area contributed by atoms with Crippen LogP contribution < -0.4 is 0 Å². The van der Waals surface area contributed by atoms with Crippen molar-refractivity contribution in [3.63, 3.8) is 0 Å². The zero-order valence-corrected chi connectivity index (χ0v) is 8.76. The second-order valence-electron chi connectivity index (χ2n) is 4.64. The maximum Gasteiger partial charge on any atom is 0.229 e. The summed E-state index contributed by atoms with van der Waals surface area (Å²) in [5.74, 6) is 2.29. The van der Waals surface area contributed by atoms with Crippen molar-refractivity contribution in [2.24, 2.45) is 5.41 Å². The lowest BCUT2D eigenvalue weighted by Crippen LogP contribution is -2.41. The van der Waals surface area contributed by atoms with Gasteiger partial charge in [0.05, 0.1) is 5.88 Å². The van der Waals surface area contributed by atoms with E-state index < -0.39 is 0 Å². The molecule has 0 saturated heterocycles. The monoisotopic (exact) mass is 212 g/mol. The van der Waals surface area contributed by atoms with Gasteiger partial charge in [0.25, 0.3) is 0 Å². The maximum absolute atomic E-state index is 5.62. The summed E-state index contributed by atoms with van der Waals surface area (Å²) in [6.07, 6.45) is 6.71. The van der Waals surface area contributed by atoms with Crippen molar-refractivity contribution in [1.82, 2.24) is 10.1 Å². The fourth-order valence-corrected chi connectivity index (χ4v) is 2.84. The number of rotatable bonds is 2. The minimum Gasteiger partial charge on any atom is -0.339 e. The van der Waals surface area contributed by atoms with E-state index in [1.54, 1.807) is 0 Å². The zero-order valence-electron chi connectivity index (χ0n) is 8.00. The minimum atomic E-state index is 0.349. The normalized spacial score (nSPS) is 24.6. The highest BCUT2D eigenvalue weighted by Crippen LogP contribution is 2.61. The molecule has 4 heteroatoms. The van der Waals surface area contributed by atoms with Crippen molar-refractivity contribution in [3.05, 3.63) is 11.7 Å². The van der Waals surface area contributed by atoms with Gasteiger partial charge in [0, 0.05) is 5.92 Å². The number of aromatic nitrogens is 2. The van der Waals surface area contributed by atoms with Gasteiger partial charge < -0.3 is 4.52 Å². The molecule has 0 radical (unpaired) electrons. The topological polar surface area (TPSA) is 38.9 Å². The van der Waals surface area contributed by atoms with Crippen molar-refractivity contribution in [2.75, 3.05) is 0 Å². The number of nitrogens with zero attached hydrogens (tertiary/aromatic N) is 2. The lowest BCUT2D eigenvalue weighted by molar-refractivity contribution is -0.00166. The van der Waals surface area contributed by atoms with Crippen molar-refractivity contribution < 1.29 is 4.52 Å². The lowest BCUT2D eigenvalue weighted by Gasteiger charge is -2.53. The molecule has 0 aromatic carbocycles. The van der Waals surface area contributed by atoms with Crippen LogP contribution in [0.4, 0.5) is 0 Å². The van der Waals surface area contributed by atoms with E-state index in [4.69, 9.17) is 16.1 Å². The van der Waals surface area contributed by atoms with Gasteiger partial charge in [-0.3, -0.25) is 0 Å². The molecule has 3 nitrogen and oxygen atoms in total. The first-order chi connectivity index (χ1) is 6.81. The number of hydrogen-bond acceptors (Lipinski definition) is 3. The van der Waals surface area contributed by atoms with Crippen LogP contribution in [0.15, 0.2) is 4.52 Å².